The molecule has 21 heavy (non-hydrogen) atoms. The van der Waals surface area contributed by atoms with Crippen molar-refractivity contribution in [3.05, 3.63) is 54.1 Å². The number of piperazine rings is 1. The average Bonchev–Trinajstić information content (AvgIpc) is 2.93. The first-order valence-electron chi connectivity index (χ1n) is 7.75. The molecule has 0 amide bonds. The molecule has 0 saturated carbocycles. The van der Waals surface area contributed by atoms with E-state index in [-0.39, 0.29) is 0 Å². The summed E-state index contributed by atoms with van der Waals surface area (Å²) in [5.74, 6) is 0. The minimum absolute atomic E-state index is 1.08. The zero-order valence-electron chi connectivity index (χ0n) is 12.8. The summed E-state index contributed by atoms with van der Waals surface area (Å²) < 4.78 is 2.12. The van der Waals surface area contributed by atoms with Gasteiger partial charge in [-0.05, 0) is 5.56 Å². The van der Waals surface area contributed by atoms with Gasteiger partial charge in [0.2, 0.25) is 0 Å². The van der Waals surface area contributed by atoms with Crippen molar-refractivity contribution < 1.29 is 0 Å². The van der Waals surface area contributed by atoms with Gasteiger partial charge in [-0.25, -0.2) is 4.98 Å². The van der Waals surface area contributed by atoms with Crippen LogP contribution < -0.4 is 0 Å². The van der Waals surface area contributed by atoms with Crippen LogP contribution in [-0.4, -0.2) is 52.1 Å². The van der Waals surface area contributed by atoms with Crippen molar-refractivity contribution in [1.82, 2.24) is 19.4 Å². The summed E-state index contributed by atoms with van der Waals surface area (Å²) in [6.45, 7) is 6.89. The van der Waals surface area contributed by atoms with Crippen molar-refractivity contribution in [1.29, 1.82) is 0 Å². The Bertz CT molecular complexity index is 541. The van der Waals surface area contributed by atoms with Gasteiger partial charge in [0.15, 0.2) is 0 Å². The summed E-state index contributed by atoms with van der Waals surface area (Å²) in [6, 6.07) is 10.8. The Balaban J connectivity index is 1.42. The molecule has 1 saturated heterocycles. The lowest BCUT2D eigenvalue weighted by Gasteiger charge is -2.34. The molecule has 0 spiro atoms. The molecule has 0 atom stereocenters. The molecule has 4 nitrogen and oxygen atoms in total. The van der Waals surface area contributed by atoms with E-state index in [1.165, 1.54) is 37.4 Å². The largest absolute Gasteiger partial charge is 0.338 e. The lowest BCUT2D eigenvalue weighted by Crippen LogP contribution is -2.46. The Morgan fingerprint density at radius 2 is 1.71 bits per heavy atom. The predicted octanol–water partition coefficient (Wildman–Crippen LogP) is 1.78. The van der Waals surface area contributed by atoms with Gasteiger partial charge in [0.05, 0.1) is 6.33 Å². The van der Waals surface area contributed by atoms with Crippen molar-refractivity contribution in [2.24, 2.45) is 7.05 Å². The molecule has 1 aromatic heterocycles. The molecule has 1 aliphatic heterocycles. The van der Waals surface area contributed by atoms with E-state index in [2.05, 4.69) is 56.7 Å². The highest BCUT2D eigenvalue weighted by Crippen LogP contribution is 2.09. The molecule has 1 aliphatic rings. The van der Waals surface area contributed by atoms with Crippen LogP contribution in [0.2, 0.25) is 0 Å². The summed E-state index contributed by atoms with van der Waals surface area (Å²) in [7, 11) is 2.07. The average molecular weight is 284 g/mol. The quantitative estimate of drug-likeness (QED) is 0.836. The van der Waals surface area contributed by atoms with E-state index in [4.69, 9.17) is 0 Å². The number of hydrogen-bond donors (Lipinski definition) is 0. The Morgan fingerprint density at radius 3 is 2.38 bits per heavy atom. The number of rotatable bonds is 5. The van der Waals surface area contributed by atoms with Gasteiger partial charge in [0.1, 0.15) is 0 Å². The molecular formula is C17H24N4. The van der Waals surface area contributed by atoms with E-state index in [9.17, 15) is 0 Å². The normalized spacial score (nSPS) is 17.2. The minimum atomic E-state index is 1.08. The van der Waals surface area contributed by atoms with Crippen molar-refractivity contribution >= 4 is 0 Å². The highest BCUT2D eigenvalue weighted by molar-refractivity contribution is 5.14. The zero-order valence-corrected chi connectivity index (χ0v) is 12.8. The number of benzene rings is 1. The van der Waals surface area contributed by atoms with Crippen molar-refractivity contribution in [3.8, 4) is 0 Å². The Labute approximate surface area is 127 Å². The summed E-state index contributed by atoms with van der Waals surface area (Å²) in [5, 5.41) is 0. The van der Waals surface area contributed by atoms with E-state index in [0.29, 0.717) is 0 Å². The van der Waals surface area contributed by atoms with E-state index in [1.54, 1.807) is 0 Å². The van der Waals surface area contributed by atoms with E-state index in [0.717, 1.165) is 19.5 Å². The first-order chi connectivity index (χ1) is 10.3. The molecule has 1 fully saturated rings. The molecule has 0 bridgehead atoms. The van der Waals surface area contributed by atoms with Gasteiger partial charge in [-0.2, -0.15) is 0 Å². The molecule has 0 N–H and O–H groups in total. The smallest absolute Gasteiger partial charge is 0.0945 e. The molecule has 0 radical (unpaired) electrons. The van der Waals surface area contributed by atoms with Crippen LogP contribution in [0, 0.1) is 0 Å². The highest BCUT2D eigenvalue weighted by atomic mass is 15.3. The zero-order chi connectivity index (χ0) is 14.5. The standard InChI is InChI=1S/C17H24N4/c1-19-15-18-13-17(19)7-8-20-9-11-21(12-10-20)14-16-5-3-2-4-6-16/h2-6,13,15H,7-12,14H2,1H3. The Hall–Kier alpha value is -1.65. The molecule has 112 valence electrons. The Kier molecular flexibility index (Phi) is 4.68. The maximum absolute atomic E-state index is 4.18. The lowest BCUT2D eigenvalue weighted by atomic mass is 10.2. The lowest BCUT2D eigenvalue weighted by molar-refractivity contribution is 0.128. The SMILES string of the molecule is Cn1cncc1CCN1CCN(Cc2ccccc2)CC1. The van der Waals surface area contributed by atoms with Crippen LogP contribution in [0.25, 0.3) is 0 Å². The van der Waals surface area contributed by atoms with Crippen molar-refractivity contribution in [2.75, 3.05) is 32.7 Å². The summed E-state index contributed by atoms with van der Waals surface area (Å²) >= 11 is 0. The van der Waals surface area contributed by atoms with Gasteiger partial charge in [-0.1, -0.05) is 30.3 Å². The van der Waals surface area contributed by atoms with Crippen LogP contribution in [-0.2, 0) is 20.0 Å². The fraction of sp³-hybridized carbons (Fsp3) is 0.471. The second-order valence-corrected chi connectivity index (χ2v) is 5.85. The number of aromatic nitrogens is 2. The molecule has 2 heterocycles. The van der Waals surface area contributed by atoms with Crippen LogP contribution >= 0.6 is 0 Å². The second-order valence-electron chi connectivity index (χ2n) is 5.85. The first kappa shape index (κ1) is 14.3. The second kappa shape index (κ2) is 6.87. The van der Waals surface area contributed by atoms with Crippen molar-refractivity contribution in [2.45, 2.75) is 13.0 Å². The maximum Gasteiger partial charge on any atom is 0.0945 e. The van der Waals surface area contributed by atoms with Crippen LogP contribution in [0.3, 0.4) is 0 Å². The molecule has 1 aromatic carbocycles. The maximum atomic E-state index is 4.18. The molecule has 3 rings (SSSR count). The van der Waals surface area contributed by atoms with E-state index in [1.807, 2.05) is 12.5 Å². The summed E-state index contributed by atoms with van der Waals surface area (Å²) in [6.07, 6.45) is 4.95. The van der Waals surface area contributed by atoms with Gasteiger partial charge in [-0.15, -0.1) is 0 Å². The summed E-state index contributed by atoms with van der Waals surface area (Å²) in [5.41, 5.74) is 2.74. The molecule has 0 aliphatic carbocycles. The van der Waals surface area contributed by atoms with Crippen LogP contribution in [0.15, 0.2) is 42.9 Å². The van der Waals surface area contributed by atoms with Gasteiger partial charge >= 0.3 is 0 Å². The molecule has 4 heteroatoms. The van der Waals surface area contributed by atoms with Crippen LogP contribution in [0.4, 0.5) is 0 Å². The third-order valence-corrected chi connectivity index (χ3v) is 4.31. The molecule has 2 aromatic rings. The van der Waals surface area contributed by atoms with Gasteiger partial charge in [-0.3, -0.25) is 4.90 Å². The first-order valence-corrected chi connectivity index (χ1v) is 7.75. The predicted molar refractivity (Wildman–Crippen MR) is 85.1 cm³/mol. The minimum Gasteiger partial charge on any atom is -0.338 e. The fourth-order valence-corrected chi connectivity index (χ4v) is 2.91. The molecule has 0 unspecified atom stereocenters. The fourth-order valence-electron chi connectivity index (χ4n) is 2.91. The number of hydrogen-bond acceptors (Lipinski definition) is 3. The Morgan fingerprint density at radius 1 is 1.00 bits per heavy atom. The van der Waals surface area contributed by atoms with Gasteiger partial charge in [0, 0.05) is 64.6 Å². The van der Waals surface area contributed by atoms with Crippen molar-refractivity contribution in [3.63, 3.8) is 0 Å². The third kappa shape index (κ3) is 3.93. The molecular weight excluding hydrogens is 260 g/mol. The van der Waals surface area contributed by atoms with Crippen LogP contribution in [0.5, 0.6) is 0 Å². The summed E-state index contributed by atoms with van der Waals surface area (Å²) in [4.78, 5) is 9.30. The number of nitrogens with zero attached hydrogens (tertiary/aromatic N) is 4. The third-order valence-electron chi connectivity index (χ3n) is 4.31. The van der Waals surface area contributed by atoms with E-state index >= 15 is 0 Å². The van der Waals surface area contributed by atoms with Gasteiger partial charge in [0.25, 0.3) is 0 Å². The van der Waals surface area contributed by atoms with E-state index < -0.39 is 0 Å². The van der Waals surface area contributed by atoms with Gasteiger partial charge < -0.3 is 9.47 Å². The number of aryl methyl sites for hydroxylation is 1. The number of imidazole rings is 1. The highest BCUT2D eigenvalue weighted by Gasteiger charge is 2.16. The van der Waals surface area contributed by atoms with Crippen LogP contribution in [0.1, 0.15) is 11.3 Å². The monoisotopic (exact) mass is 284 g/mol. The topological polar surface area (TPSA) is 24.3 Å².